The van der Waals surface area contributed by atoms with Crippen molar-refractivity contribution in [2.45, 2.75) is 32.4 Å². The lowest BCUT2D eigenvalue weighted by Gasteiger charge is -2.35. The van der Waals surface area contributed by atoms with Gasteiger partial charge < -0.3 is 15.0 Å². The lowest BCUT2D eigenvalue weighted by Crippen LogP contribution is -2.47. The summed E-state index contributed by atoms with van der Waals surface area (Å²) < 4.78 is 6.09. The van der Waals surface area contributed by atoms with Crippen LogP contribution in [0.2, 0.25) is 0 Å². The molecular weight excluding hydrogens is 492 g/mol. The van der Waals surface area contributed by atoms with Gasteiger partial charge in [0.15, 0.2) is 0 Å². The van der Waals surface area contributed by atoms with E-state index >= 15 is 0 Å². The Balaban J connectivity index is 0.00000304. The van der Waals surface area contributed by atoms with Crippen molar-refractivity contribution in [1.82, 2.24) is 19.8 Å². The van der Waals surface area contributed by atoms with Crippen LogP contribution in [0.5, 0.6) is 0 Å². The number of aromatic nitrogens is 2. The van der Waals surface area contributed by atoms with Crippen molar-refractivity contribution < 1.29 is 9.53 Å². The van der Waals surface area contributed by atoms with Gasteiger partial charge in [-0.15, -0.1) is 11.3 Å². The fourth-order valence-electron chi connectivity index (χ4n) is 4.72. The molecule has 5 rings (SSSR count). The maximum atomic E-state index is 13.5. The number of rotatable bonds is 5. The smallest absolute Gasteiger partial charge is 0.411 e. The molecule has 8 nitrogen and oxygen atoms in total. The van der Waals surface area contributed by atoms with Gasteiger partial charge in [-0.05, 0) is 57.4 Å². The molecule has 1 aromatic carbocycles. The Bertz CT molecular complexity index is 1330. The van der Waals surface area contributed by atoms with Gasteiger partial charge in [-0.3, -0.25) is 9.89 Å². The molecule has 0 bridgehead atoms. The van der Waals surface area contributed by atoms with Crippen LogP contribution in [-0.4, -0.2) is 71.0 Å². The summed E-state index contributed by atoms with van der Waals surface area (Å²) in [6.45, 7) is 7.60. The Morgan fingerprint density at radius 2 is 1.97 bits per heavy atom. The highest BCUT2D eigenvalue weighted by Crippen LogP contribution is 2.39. The van der Waals surface area contributed by atoms with Gasteiger partial charge in [0.25, 0.3) is 0 Å². The van der Waals surface area contributed by atoms with Gasteiger partial charge in [0.05, 0.1) is 24.0 Å². The number of fused-ring (bicyclic) bond motifs is 1. The monoisotopic (exact) mass is 524 g/mol. The van der Waals surface area contributed by atoms with Gasteiger partial charge in [0, 0.05) is 12.1 Å². The molecule has 0 fully saturated rings. The van der Waals surface area contributed by atoms with E-state index in [-0.39, 0.29) is 25.7 Å². The molecule has 1 amide bonds. The lowest BCUT2D eigenvalue weighted by atomic mass is 9.94. The van der Waals surface area contributed by atoms with Crippen molar-refractivity contribution in [2.24, 2.45) is 4.99 Å². The van der Waals surface area contributed by atoms with Crippen LogP contribution in [0.25, 0.3) is 10.2 Å². The third-order valence-electron chi connectivity index (χ3n) is 6.61. The van der Waals surface area contributed by atoms with E-state index in [4.69, 9.17) is 9.73 Å². The highest BCUT2D eigenvalue weighted by atomic mass is 32.1. The molecule has 1 atom stereocenters. The number of thiophene rings is 1. The zero-order valence-corrected chi connectivity index (χ0v) is 23.0. The summed E-state index contributed by atoms with van der Waals surface area (Å²) in [6.07, 6.45) is -0.676. The minimum absolute atomic E-state index is 0. The number of amides is 1. The van der Waals surface area contributed by atoms with Gasteiger partial charge in [-0.25, -0.2) is 14.8 Å². The number of amidine groups is 1. The van der Waals surface area contributed by atoms with E-state index in [1.807, 2.05) is 72.6 Å². The largest absolute Gasteiger partial charge is 0.440 e. The number of nitrogens with zero attached hydrogens (tertiary/aromatic N) is 5. The highest BCUT2D eigenvalue weighted by Gasteiger charge is 2.46. The first-order chi connectivity index (χ1) is 16.7. The molecule has 0 radical (unpaired) electrons. The topological polar surface area (TPSA) is 83.0 Å². The van der Waals surface area contributed by atoms with Gasteiger partial charge in [-0.2, -0.15) is 13.5 Å². The number of carbonyl (C=O) groups is 1. The molecule has 0 saturated carbocycles. The second kappa shape index (κ2) is 10.2. The average molecular weight is 525 g/mol. The van der Waals surface area contributed by atoms with Crippen molar-refractivity contribution in [3.63, 3.8) is 0 Å². The first-order valence-electron chi connectivity index (χ1n) is 11.7. The Kier molecular flexibility index (Phi) is 7.40. The van der Waals surface area contributed by atoms with Gasteiger partial charge >= 0.3 is 6.09 Å². The number of anilines is 1. The van der Waals surface area contributed by atoms with Crippen LogP contribution in [0.1, 0.15) is 31.3 Å². The normalized spacial score (nSPS) is 17.2. The summed E-state index contributed by atoms with van der Waals surface area (Å²) in [7, 11) is 3.96. The summed E-state index contributed by atoms with van der Waals surface area (Å²) in [5.74, 6) is 2.22. The first kappa shape index (κ1) is 26.1. The molecule has 0 aliphatic carbocycles. The van der Waals surface area contributed by atoms with Crippen LogP contribution in [0.3, 0.4) is 0 Å². The van der Waals surface area contributed by atoms with E-state index in [1.54, 1.807) is 11.3 Å². The Morgan fingerprint density at radius 3 is 2.69 bits per heavy atom. The van der Waals surface area contributed by atoms with Crippen molar-refractivity contribution in [3.05, 3.63) is 64.3 Å². The zero-order chi connectivity index (χ0) is 24.7. The fraction of sp³-hybridized carbons (Fsp3) is 0.385. The summed E-state index contributed by atoms with van der Waals surface area (Å²) in [5.41, 5.74) is 2.65. The lowest BCUT2D eigenvalue weighted by molar-refractivity contribution is 0.0383. The van der Waals surface area contributed by atoms with Crippen molar-refractivity contribution in [2.75, 3.05) is 39.0 Å². The van der Waals surface area contributed by atoms with Crippen LogP contribution in [-0.2, 0) is 4.74 Å². The van der Waals surface area contributed by atoms with Gasteiger partial charge in [0.1, 0.15) is 28.4 Å². The number of benzene rings is 1. The zero-order valence-electron chi connectivity index (χ0n) is 21.2. The quantitative estimate of drug-likeness (QED) is 0.518. The number of likely N-dealkylation sites (N-methyl/N-ethyl adjacent to an activating group) is 1. The van der Waals surface area contributed by atoms with Crippen LogP contribution < -0.4 is 5.32 Å². The van der Waals surface area contributed by atoms with Gasteiger partial charge in [-0.1, -0.05) is 30.3 Å². The number of hydrogen-bond acceptors (Lipinski definition) is 8. The van der Waals surface area contributed by atoms with E-state index in [9.17, 15) is 4.79 Å². The number of hydrogen-bond donors (Lipinski definition) is 1. The molecule has 0 unspecified atom stereocenters. The molecule has 10 heteroatoms. The summed E-state index contributed by atoms with van der Waals surface area (Å²) in [5, 5.41) is 6.42. The van der Waals surface area contributed by atoms with Crippen molar-refractivity contribution in [3.8, 4) is 0 Å². The second-order valence-corrected chi connectivity index (χ2v) is 10.6. The fourth-order valence-corrected chi connectivity index (χ4v) is 5.53. The standard InChI is InChI=1S/C26H30N6O2S.H2S/c1-16-28-23(18-11-12-35-24(18)29-16)30-22-19-14-32(26(2,3)20(19)13-27-22)25(33)34-21(15-31(4)5)17-9-7-6-8-10-17;/h6-12,21H,13-15H2,1-5H3,(H,27,28,29,30);1H2/t21-;/m1./s1. The number of aryl methyl sites for hydroxylation is 1. The van der Waals surface area contributed by atoms with Crippen molar-refractivity contribution >= 4 is 52.8 Å². The van der Waals surface area contributed by atoms with Crippen LogP contribution in [0.15, 0.2) is 57.9 Å². The maximum Gasteiger partial charge on any atom is 0.411 e. The Hall–Kier alpha value is -2.95. The van der Waals surface area contributed by atoms with E-state index in [0.29, 0.717) is 25.5 Å². The predicted molar refractivity (Wildman–Crippen MR) is 150 cm³/mol. The Labute approximate surface area is 222 Å². The van der Waals surface area contributed by atoms with Crippen LogP contribution in [0, 0.1) is 6.92 Å². The van der Waals surface area contributed by atoms with E-state index < -0.39 is 5.54 Å². The average Bonchev–Trinajstić information content (AvgIpc) is 3.50. The minimum Gasteiger partial charge on any atom is -0.440 e. The SMILES string of the molecule is Cc1nc(NC2=NCC3=C2CN(C(=O)O[C@H](CN(C)C)c2ccccc2)C3(C)C)c2ccsc2n1.S. The molecule has 0 spiro atoms. The highest BCUT2D eigenvalue weighted by molar-refractivity contribution is 7.59. The molecule has 2 aliphatic rings. The third kappa shape index (κ3) is 4.85. The molecule has 1 N–H and O–H groups in total. The molecule has 4 heterocycles. The number of aliphatic imine (C=N–C) groups is 1. The van der Waals surface area contributed by atoms with E-state index in [1.165, 1.54) is 0 Å². The van der Waals surface area contributed by atoms with E-state index in [0.717, 1.165) is 38.6 Å². The molecular formula is C26H32N6O2S2. The predicted octanol–water partition coefficient (Wildman–Crippen LogP) is 4.77. The molecule has 2 aromatic heterocycles. The maximum absolute atomic E-state index is 13.5. The Morgan fingerprint density at radius 1 is 1.22 bits per heavy atom. The molecule has 36 heavy (non-hydrogen) atoms. The molecule has 3 aromatic rings. The number of ether oxygens (including phenoxy) is 1. The van der Waals surface area contributed by atoms with Crippen molar-refractivity contribution in [1.29, 1.82) is 0 Å². The van der Waals surface area contributed by atoms with Crippen LogP contribution >= 0.6 is 24.8 Å². The molecule has 2 aliphatic heterocycles. The number of carbonyl (C=O) groups excluding carboxylic acids is 1. The number of nitrogens with one attached hydrogen (secondary N) is 1. The van der Waals surface area contributed by atoms with E-state index in [2.05, 4.69) is 29.1 Å². The summed E-state index contributed by atoms with van der Waals surface area (Å²) >= 11 is 1.59. The third-order valence-corrected chi connectivity index (χ3v) is 7.42. The molecule has 0 saturated heterocycles. The summed E-state index contributed by atoms with van der Waals surface area (Å²) in [4.78, 5) is 32.2. The second-order valence-electron chi connectivity index (χ2n) is 9.70. The summed E-state index contributed by atoms with van der Waals surface area (Å²) in [6, 6.07) is 11.9. The van der Waals surface area contributed by atoms with Gasteiger partial charge in [0.2, 0.25) is 0 Å². The van der Waals surface area contributed by atoms with Crippen LogP contribution in [0.4, 0.5) is 10.6 Å². The minimum atomic E-state index is -0.502. The molecule has 190 valence electrons. The first-order valence-corrected chi connectivity index (χ1v) is 12.6.